The van der Waals surface area contributed by atoms with Crippen LogP contribution in [0.4, 0.5) is 13.6 Å². The number of hydrogen-bond acceptors (Lipinski definition) is 5. The average molecular weight is 392 g/mol. The van der Waals surface area contributed by atoms with E-state index in [1.807, 2.05) is 18.2 Å². The first-order chi connectivity index (χ1) is 13.0. The number of urea groups is 1. The number of carbonyl (C=O) groups excluding carboxylic acids is 1. The Morgan fingerprint density at radius 1 is 1.26 bits per heavy atom. The standard InChI is InChI=1S/C18H18F2N4O2S/c19-13-7-8-15(20)14(11-13)16-22-24(17(25)23-26)18(27-16,9-4-10-21)12-5-2-1-3-6-12/h1-3,5-8,11,26H,4,9-10,21H2,(H,23,25). The van der Waals surface area contributed by atoms with Gasteiger partial charge in [0, 0.05) is 5.56 Å². The Morgan fingerprint density at radius 3 is 2.67 bits per heavy atom. The summed E-state index contributed by atoms with van der Waals surface area (Å²) in [6, 6.07) is 11.2. The summed E-state index contributed by atoms with van der Waals surface area (Å²) in [7, 11) is 0. The number of thioether (sulfide) groups is 1. The van der Waals surface area contributed by atoms with Crippen LogP contribution in [0.5, 0.6) is 0 Å². The summed E-state index contributed by atoms with van der Waals surface area (Å²) in [4.78, 5) is 11.3. The van der Waals surface area contributed by atoms with Crippen LogP contribution in [0.15, 0.2) is 53.6 Å². The zero-order valence-electron chi connectivity index (χ0n) is 14.2. The third kappa shape index (κ3) is 3.66. The van der Waals surface area contributed by atoms with Crippen molar-refractivity contribution < 1.29 is 18.8 Å². The summed E-state index contributed by atoms with van der Waals surface area (Å²) >= 11 is 1.12. The number of nitrogens with zero attached hydrogens (tertiary/aromatic N) is 2. The van der Waals surface area contributed by atoms with E-state index in [1.54, 1.807) is 17.6 Å². The molecular weight excluding hydrogens is 374 g/mol. The third-order valence-corrected chi connectivity index (χ3v) is 5.64. The number of hydrazone groups is 1. The number of rotatable bonds is 5. The molecule has 2 aromatic rings. The Labute approximate surface area is 159 Å². The van der Waals surface area contributed by atoms with Crippen LogP contribution in [0.25, 0.3) is 0 Å². The molecule has 6 nitrogen and oxygen atoms in total. The molecule has 0 saturated carbocycles. The van der Waals surface area contributed by atoms with Crippen molar-refractivity contribution >= 4 is 22.8 Å². The molecule has 2 aromatic carbocycles. The number of hydroxylamine groups is 1. The molecule has 3 rings (SSSR count). The highest BCUT2D eigenvalue weighted by Gasteiger charge is 2.48. The van der Waals surface area contributed by atoms with Crippen LogP contribution in [0, 0.1) is 11.6 Å². The Morgan fingerprint density at radius 2 is 2.00 bits per heavy atom. The van der Waals surface area contributed by atoms with Crippen molar-refractivity contribution in [1.82, 2.24) is 10.5 Å². The van der Waals surface area contributed by atoms with Gasteiger partial charge in [-0.2, -0.15) is 10.1 Å². The summed E-state index contributed by atoms with van der Waals surface area (Å²) in [6.07, 6.45) is 0.946. The van der Waals surface area contributed by atoms with E-state index in [0.717, 1.165) is 40.5 Å². The van der Waals surface area contributed by atoms with E-state index >= 15 is 0 Å². The molecule has 1 aliphatic heterocycles. The molecule has 2 amide bonds. The Balaban J connectivity index is 2.12. The van der Waals surface area contributed by atoms with Crippen LogP contribution in [-0.2, 0) is 4.87 Å². The lowest BCUT2D eigenvalue weighted by atomic mass is 10.0. The van der Waals surface area contributed by atoms with E-state index in [1.165, 1.54) is 0 Å². The van der Waals surface area contributed by atoms with Crippen LogP contribution < -0.4 is 11.2 Å². The number of nitrogens with one attached hydrogen (secondary N) is 1. The van der Waals surface area contributed by atoms with E-state index in [-0.39, 0.29) is 10.6 Å². The fourth-order valence-corrected chi connectivity index (χ4v) is 4.36. The van der Waals surface area contributed by atoms with Gasteiger partial charge >= 0.3 is 6.03 Å². The Bertz CT molecular complexity index is 866. The van der Waals surface area contributed by atoms with Crippen molar-refractivity contribution in [3.63, 3.8) is 0 Å². The molecule has 0 aliphatic carbocycles. The van der Waals surface area contributed by atoms with Gasteiger partial charge in [-0.15, -0.1) is 0 Å². The molecule has 0 saturated heterocycles. The maximum Gasteiger partial charge on any atom is 0.363 e. The fourth-order valence-electron chi connectivity index (χ4n) is 2.94. The second kappa shape index (κ2) is 8.03. The van der Waals surface area contributed by atoms with Crippen LogP contribution in [0.2, 0.25) is 0 Å². The van der Waals surface area contributed by atoms with Crippen LogP contribution in [0.3, 0.4) is 0 Å². The quantitative estimate of drug-likeness (QED) is 0.538. The van der Waals surface area contributed by atoms with Gasteiger partial charge in [0.25, 0.3) is 0 Å². The van der Waals surface area contributed by atoms with Gasteiger partial charge in [-0.25, -0.2) is 19.1 Å². The van der Waals surface area contributed by atoms with Crippen LogP contribution in [0.1, 0.15) is 24.0 Å². The highest BCUT2D eigenvalue weighted by atomic mass is 32.2. The molecular formula is C18H18F2N4O2S. The average Bonchev–Trinajstić information content (AvgIpc) is 3.09. The summed E-state index contributed by atoms with van der Waals surface area (Å²) in [5, 5.41) is 14.6. The van der Waals surface area contributed by atoms with Crippen molar-refractivity contribution in [1.29, 1.82) is 0 Å². The molecule has 0 bridgehead atoms. The molecule has 1 atom stereocenters. The normalized spacial score (nSPS) is 19.1. The van der Waals surface area contributed by atoms with Gasteiger partial charge in [-0.3, -0.25) is 5.21 Å². The first-order valence-corrected chi connectivity index (χ1v) is 9.06. The molecule has 9 heteroatoms. The van der Waals surface area contributed by atoms with E-state index in [4.69, 9.17) is 5.73 Å². The first kappa shape index (κ1) is 19.3. The SMILES string of the molecule is NCCCC1(c2ccccc2)SC(c2cc(F)ccc2F)=NN1C(=O)NO. The lowest BCUT2D eigenvalue weighted by Gasteiger charge is -2.35. The minimum Gasteiger partial charge on any atom is -0.330 e. The van der Waals surface area contributed by atoms with Gasteiger partial charge in [0.1, 0.15) is 21.5 Å². The number of halogens is 2. The fraction of sp³-hybridized carbons (Fsp3) is 0.222. The summed E-state index contributed by atoms with van der Waals surface area (Å²) in [6.45, 7) is 0.368. The van der Waals surface area contributed by atoms with Gasteiger partial charge in [-0.05, 0) is 43.1 Å². The third-order valence-electron chi connectivity index (χ3n) is 4.19. The number of carbonyl (C=O) groups is 1. The molecule has 27 heavy (non-hydrogen) atoms. The van der Waals surface area contributed by atoms with Crippen LogP contribution >= 0.6 is 11.8 Å². The maximum absolute atomic E-state index is 14.3. The van der Waals surface area contributed by atoms with E-state index < -0.39 is 22.5 Å². The highest BCUT2D eigenvalue weighted by molar-refractivity contribution is 8.15. The van der Waals surface area contributed by atoms with Gasteiger partial charge in [0.05, 0.1) is 0 Å². The summed E-state index contributed by atoms with van der Waals surface area (Å²) < 4.78 is 27.9. The molecule has 0 aromatic heterocycles. The van der Waals surface area contributed by atoms with Crippen LogP contribution in [-0.4, -0.2) is 27.8 Å². The lowest BCUT2D eigenvalue weighted by Crippen LogP contribution is -2.45. The minimum absolute atomic E-state index is 0.0544. The first-order valence-electron chi connectivity index (χ1n) is 8.25. The second-order valence-electron chi connectivity index (χ2n) is 5.90. The number of hydrogen-bond donors (Lipinski definition) is 3. The predicted octanol–water partition coefficient (Wildman–Crippen LogP) is 3.37. The van der Waals surface area contributed by atoms with Crippen molar-refractivity contribution in [2.24, 2.45) is 10.8 Å². The molecule has 0 fully saturated rings. The predicted molar refractivity (Wildman–Crippen MR) is 99.1 cm³/mol. The van der Waals surface area contributed by atoms with Crippen molar-refractivity contribution in [2.75, 3.05) is 6.54 Å². The zero-order chi connectivity index (χ0) is 19.4. The lowest BCUT2D eigenvalue weighted by molar-refractivity contribution is 0.107. The molecule has 142 valence electrons. The largest absolute Gasteiger partial charge is 0.363 e. The summed E-state index contributed by atoms with van der Waals surface area (Å²) in [5.74, 6) is -1.28. The zero-order valence-corrected chi connectivity index (χ0v) is 15.0. The smallest absolute Gasteiger partial charge is 0.330 e. The van der Waals surface area contributed by atoms with Gasteiger partial charge in [0.15, 0.2) is 0 Å². The molecule has 0 radical (unpaired) electrons. The second-order valence-corrected chi connectivity index (χ2v) is 7.17. The Kier molecular flexibility index (Phi) is 5.73. The van der Waals surface area contributed by atoms with E-state index in [9.17, 15) is 18.8 Å². The van der Waals surface area contributed by atoms with Crippen molar-refractivity contribution in [3.8, 4) is 0 Å². The topological polar surface area (TPSA) is 91.0 Å². The van der Waals surface area contributed by atoms with Crippen molar-refractivity contribution in [3.05, 3.63) is 71.3 Å². The maximum atomic E-state index is 14.3. The monoisotopic (exact) mass is 392 g/mol. The van der Waals surface area contributed by atoms with E-state index in [0.29, 0.717) is 19.4 Å². The summed E-state index contributed by atoms with van der Waals surface area (Å²) in [5.41, 5.74) is 7.91. The molecule has 1 unspecified atom stereocenters. The van der Waals surface area contributed by atoms with E-state index in [2.05, 4.69) is 5.10 Å². The molecule has 1 heterocycles. The highest BCUT2D eigenvalue weighted by Crippen LogP contribution is 2.50. The van der Waals surface area contributed by atoms with Gasteiger partial charge < -0.3 is 5.73 Å². The molecule has 0 spiro atoms. The van der Waals surface area contributed by atoms with Crippen molar-refractivity contribution in [2.45, 2.75) is 17.7 Å². The minimum atomic E-state index is -1.05. The number of benzene rings is 2. The molecule has 1 aliphatic rings. The Hall–Kier alpha value is -2.49. The van der Waals surface area contributed by atoms with Gasteiger partial charge in [-0.1, -0.05) is 42.1 Å². The van der Waals surface area contributed by atoms with Gasteiger partial charge in [0.2, 0.25) is 0 Å². The molecule has 4 N–H and O–H groups in total. The number of amides is 2. The number of nitrogens with two attached hydrogens (primary N) is 1.